The highest BCUT2D eigenvalue weighted by Crippen LogP contribution is 2.50. The van der Waals surface area contributed by atoms with Gasteiger partial charge in [0.1, 0.15) is 42.1 Å². The van der Waals surface area contributed by atoms with Crippen LogP contribution in [0.1, 0.15) is 57.8 Å². The van der Waals surface area contributed by atoms with E-state index < -0.39 is 79.3 Å². The summed E-state index contributed by atoms with van der Waals surface area (Å²) in [5.74, 6) is -2.48. The van der Waals surface area contributed by atoms with Gasteiger partial charge in [-0.3, -0.25) is 15.3 Å². The molecule has 0 bridgehead atoms. The molecule has 252 valence electrons. The maximum Gasteiger partial charge on any atom is 0.186 e. The van der Waals surface area contributed by atoms with Gasteiger partial charge >= 0.3 is 0 Å². The second-order valence-electron chi connectivity index (χ2n) is 14.0. The third kappa shape index (κ3) is 6.93. The molecule has 13 heteroatoms. The third-order valence-corrected chi connectivity index (χ3v) is 11.4. The number of piperidine rings is 1. The number of ether oxygens (including phenoxy) is 3. The van der Waals surface area contributed by atoms with Gasteiger partial charge in [-0.1, -0.05) is 0 Å². The first-order valence-corrected chi connectivity index (χ1v) is 16.5. The zero-order valence-electron chi connectivity index (χ0n) is 25.6. The SMILES string of the molecule is COC1CC(OC2OC(CO)C(O)C(O)C2O)C2C(=O)C3C(O)CC(CC(CCCO)C4CCC(N)[NH2+]C4)CC3C(=O)C2C1. The van der Waals surface area contributed by atoms with Crippen molar-refractivity contribution in [3.8, 4) is 0 Å². The van der Waals surface area contributed by atoms with Crippen LogP contribution in [0.5, 0.6) is 0 Å². The van der Waals surface area contributed by atoms with Crippen molar-refractivity contribution in [3.05, 3.63) is 0 Å². The molecule has 0 spiro atoms. The van der Waals surface area contributed by atoms with Crippen LogP contribution in [-0.4, -0.2) is 124 Å². The summed E-state index contributed by atoms with van der Waals surface area (Å²) in [6.07, 6.45) is -3.78. The molecule has 2 saturated heterocycles. The van der Waals surface area contributed by atoms with Gasteiger partial charge in [-0.2, -0.15) is 0 Å². The Morgan fingerprint density at radius 3 is 2.36 bits per heavy atom. The number of ketones is 2. The first kappa shape index (κ1) is 34.2. The van der Waals surface area contributed by atoms with Crippen molar-refractivity contribution < 1.29 is 59.8 Å². The fourth-order valence-corrected chi connectivity index (χ4v) is 9.03. The van der Waals surface area contributed by atoms with E-state index in [2.05, 4.69) is 5.32 Å². The molecule has 3 saturated carbocycles. The highest BCUT2D eigenvalue weighted by Gasteiger charge is 2.59. The molecule has 0 radical (unpaired) electrons. The molecule has 2 heterocycles. The molecular weight excluding hydrogens is 576 g/mol. The lowest BCUT2D eigenvalue weighted by molar-refractivity contribution is -0.704. The number of methoxy groups -OCH3 is 1. The van der Waals surface area contributed by atoms with Gasteiger partial charge in [0, 0.05) is 44.3 Å². The standard InChI is InChI=1S/C31H52N2O11/c1-42-17-10-19-25(21(11-17)43-31-30(41)29(40)27(38)22(13-35)44-31)28(39)24-18(26(19)37)8-14(9-20(24)36)7-15(3-2-6-34)16-4-5-23(32)33-12-16/h14-25,27,29-31,33-36,38,40-41H,2-13,32H2,1H3/p+1. The van der Waals surface area contributed by atoms with Gasteiger partial charge in [-0.05, 0) is 56.8 Å². The Balaban J connectivity index is 1.32. The van der Waals surface area contributed by atoms with Crippen LogP contribution in [0.4, 0.5) is 0 Å². The van der Waals surface area contributed by atoms with Gasteiger partial charge in [0.25, 0.3) is 0 Å². The van der Waals surface area contributed by atoms with Crippen LogP contribution in [0.15, 0.2) is 0 Å². The summed E-state index contributed by atoms with van der Waals surface area (Å²) in [7, 11) is 1.52. The minimum absolute atomic E-state index is 0.0711. The van der Waals surface area contributed by atoms with Crippen LogP contribution in [0.2, 0.25) is 0 Å². The van der Waals surface area contributed by atoms with E-state index in [0.29, 0.717) is 37.5 Å². The van der Waals surface area contributed by atoms with Crippen LogP contribution >= 0.6 is 0 Å². The topological polar surface area (TPSA) is 226 Å². The van der Waals surface area contributed by atoms with Crippen molar-refractivity contribution in [1.29, 1.82) is 0 Å². The number of aliphatic hydroxyl groups excluding tert-OH is 6. The van der Waals surface area contributed by atoms with E-state index in [-0.39, 0.29) is 36.7 Å². The van der Waals surface area contributed by atoms with Crippen molar-refractivity contribution >= 4 is 11.6 Å². The van der Waals surface area contributed by atoms with E-state index in [1.165, 1.54) is 7.11 Å². The summed E-state index contributed by atoms with van der Waals surface area (Å²) in [6, 6.07) is 0. The molecule has 2 aliphatic heterocycles. The van der Waals surface area contributed by atoms with Gasteiger partial charge in [-0.15, -0.1) is 0 Å². The smallest absolute Gasteiger partial charge is 0.186 e. The largest absolute Gasteiger partial charge is 0.396 e. The molecule has 44 heavy (non-hydrogen) atoms. The minimum atomic E-state index is -1.64. The zero-order chi connectivity index (χ0) is 31.7. The summed E-state index contributed by atoms with van der Waals surface area (Å²) < 4.78 is 17.3. The molecule has 0 aromatic carbocycles. The molecule has 5 fully saturated rings. The molecule has 5 aliphatic rings. The third-order valence-electron chi connectivity index (χ3n) is 11.4. The van der Waals surface area contributed by atoms with Gasteiger partial charge in [-0.25, -0.2) is 0 Å². The van der Waals surface area contributed by atoms with Crippen molar-refractivity contribution in [3.63, 3.8) is 0 Å². The van der Waals surface area contributed by atoms with Crippen molar-refractivity contribution in [2.24, 2.45) is 47.2 Å². The Morgan fingerprint density at radius 1 is 0.955 bits per heavy atom. The lowest BCUT2D eigenvalue weighted by atomic mass is 9.54. The van der Waals surface area contributed by atoms with E-state index >= 15 is 0 Å². The van der Waals surface area contributed by atoms with Gasteiger partial charge < -0.3 is 50.2 Å². The average molecular weight is 630 g/mol. The summed E-state index contributed by atoms with van der Waals surface area (Å²) in [6.45, 7) is 0.422. The average Bonchev–Trinajstić information content (AvgIpc) is 3.01. The Labute approximate surface area is 258 Å². The van der Waals surface area contributed by atoms with Crippen LogP contribution in [0.3, 0.4) is 0 Å². The number of Topliss-reactive ketones (excluding diaryl/α,β-unsaturated/α-hetero) is 2. The molecule has 16 atom stereocenters. The van der Waals surface area contributed by atoms with Crippen LogP contribution in [0.25, 0.3) is 0 Å². The predicted molar refractivity (Wildman–Crippen MR) is 153 cm³/mol. The van der Waals surface area contributed by atoms with Crippen molar-refractivity contribution in [2.45, 2.75) is 113 Å². The van der Waals surface area contributed by atoms with Crippen molar-refractivity contribution in [2.75, 3.05) is 26.9 Å². The molecule has 16 unspecified atom stereocenters. The highest BCUT2D eigenvalue weighted by molar-refractivity contribution is 6.00. The predicted octanol–water partition coefficient (Wildman–Crippen LogP) is -2.60. The lowest BCUT2D eigenvalue weighted by Crippen LogP contribution is -2.95. The minimum Gasteiger partial charge on any atom is -0.396 e. The number of nitrogens with two attached hydrogens (primary N) is 2. The molecule has 10 N–H and O–H groups in total. The number of hydrogen-bond acceptors (Lipinski definition) is 12. The number of carbonyl (C=O) groups is 2. The molecule has 0 aromatic rings. The van der Waals surface area contributed by atoms with E-state index in [1.54, 1.807) is 0 Å². The van der Waals surface area contributed by atoms with E-state index in [0.717, 1.165) is 32.2 Å². The van der Waals surface area contributed by atoms with E-state index in [4.69, 9.17) is 19.9 Å². The summed E-state index contributed by atoms with van der Waals surface area (Å²) in [4.78, 5) is 28.3. The molecule has 0 amide bonds. The van der Waals surface area contributed by atoms with Gasteiger partial charge in [0.15, 0.2) is 6.29 Å². The number of fused-ring (bicyclic) bond motifs is 2. The molecule has 3 aliphatic carbocycles. The van der Waals surface area contributed by atoms with Crippen LogP contribution in [0, 0.1) is 41.4 Å². The summed E-state index contributed by atoms with van der Waals surface area (Å²) in [5.41, 5.74) is 6.10. The highest BCUT2D eigenvalue weighted by atomic mass is 16.7. The Bertz CT molecular complexity index is 978. The van der Waals surface area contributed by atoms with E-state index in [9.17, 15) is 40.2 Å². The molecule has 5 rings (SSSR count). The summed E-state index contributed by atoms with van der Waals surface area (Å²) >= 11 is 0. The van der Waals surface area contributed by atoms with Crippen LogP contribution in [-0.2, 0) is 23.8 Å². The number of quaternary nitrogens is 1. The maximum absolute atomic E-state index is 14.2. The monoisotopic (exact) mass is 629 g/mol. The molecule has 13 nitrogen and oxygen atoms in total. The number of carbonyl (C=O) groups excluding carboxylic acids is 2. The molecule has 0 aromatic heterocycles. The first-order valence-electron chi connectivity index (χ1n) is 16.5. The molecular formula is C31H53N2O11+. The number of aliphatic hydroxyl groups is 6. The Kier molecular flexibility index (Phi) is 11.5. The normalized spacial score (nSPS) is 47.1. The Hall–Kier alpha value is -1.10. The fourth-order valence-electron chi connectivity index (χ4n) is 9.03. The Morgan fingerprint density at radius 2 is 1.70 bits per heavy atom. The fraction of sp³-hybridized carbons (Fsp3) is 0.935. The second-order valence-corrected chi connectivity index (χ2v) is 14.0. The number of hydrogen-bond donors (Lipinski definition) is 8. The summed E-state index contributed by atoms with van der Waals surface area (Å²) in [5, 5.41) is 63.8. The number of rotatable bonds is 10. The maximum atomic E-state index is 14.2. The van der Waals surface area contributed by atoms with Gasteiger partial charge in [0.2, 0.25) is 0 Å². The zero-order valence-corrected chi connectivity index (χ0v) is 25.6. The first-order chi connectivity index (χ1) is 21.1. The lowest BCUT2D eigenvalue weighted by Gasteiger charge is -2.51. The quantitative estimate of drug-likeness (QED) is 0.125. The van der Waals surface area contributed by atoms with Gasteiger partial charge in [0.05, 0.1) is 43.3 Å². The second kappa shape index (κ2) is 14.8. The van der Waals surface area contributed by atoms with Crippen LogP contribution < -0.4 is 11.1 Å². The van der Waals surface area contributed by atoms with Crippen molar-refractivity contribution in [1.82, 2.24) is 0 Å². The van der Waals surface area contributed by atoms with E-state index in [1.807, 2.05) is 0 Å².